The van der Waals surface area contributed by atoms with E-state index in [2.05, 4.69) is 31.4 Å². The van der Waals surface area contributed by atoms with Crippen LogP contribution in [0.1, 0.15) is 60.3 Å². The molecule has 4 N–H and O–H groups in total. The maximum absolute atomic E-state index is 5.78. The normalized spacial score (nSPS) is 32.7. The van der Waals surface area contributed by atoms with Gasteiger partial charge in [0.05, 0.1) is 0 Å². The van der Waals surface area contributed by atoms with E-state index in [1.165, 1.54) is 25.9 Å². The fraction of sp³-hybridized carbons (Fsp3) is 1.00. The Balaban J connectivity index is 0.000000289. The molecule has 0 saturated carbocycles. The topological polar surface area (TPSA) is 50.1 Å². The first-order valence-electron chi connectivity index (χ1n) is 7.80. The minimum absolute atomic E-state index is 0.427. The molecular formula is C15H35N3. The van der Waals surface area contributed by atoms with E-state index < -0.39 is 0 Å². The van der Waals surface area contributed by atoms with Gasteiger partial charge in [0.25, 0.3) is 0 Å². The van der Waals surface area contributed by atoms with Crippen molar-refractivity contribution in [2.24, 2.45) is 11.7 Å². The molecule has 2 atom stereocenters. The zero-order valence-corrected chi connectivity index (χ0v) is 13.1. The zero-order chi connectivity index (χ0) is 14.0. The molecule has 0 bridgehead atoms. The van der Waals surface area contributed by atoms with Crippen LogP contribution in [0.25, 0.3) is 0 Å². The molecule has 3 nitrogen and oxygen atoms in total. The second-order valence-corrected chi connectivity index (χ2v) is 5.63. The number of nitrogens with two attached hydrogens (primary N) is 1. The van der Waals surface area contributed by atoms with E-state index in [4.69, 9.17) is 5.73 Å². The molecule has 2 aliphatic heterocycles. The van der Waals surface area contributed by atoms with Crippen LogP contribution in [0.5, 0.6) is 0 Å². The Labute approximate surface area is 114 Å². The lowest BCUT2D eigenvalue weighted by Crippen LogP contribution is -2.47. The minimum Gasteiger partial charge on any atom is -0.328 e. The zero-order valence-electron chi connectivity index (χ0n) is 13.1. The molecule has 0 aromatic heterocycles. The number of rotatable bonds is 0. The number of hydrogen-bond acceptors (Lipinski definition) is 3. The molecule has 3 heteroatoms. The highest BCUT2D eigenvalue weighted by atomic mass is 15.0. The predicted molar refractivity (Wildman–Crippen MR) is 81.9 cm³/mol. The van der Waals surface area contributed by atoms with E-state index in [0.717, 1.165) is 18.8 Å². The second kappa shape index (κ2) is 10.8. The first-order chi connectivity index (χ1) is 8.58. The summed E-state index contributed by atoms with van der Waals surface area (Å²) in [6.07, 6.45) is 5.01. The summed E-state index contributed by atoms with van der Waals surface area (Å²) in [5, 5.41) is 6.74. The van der Waals surface area contributed by atoms with Gasteiger partial charge in [0.2, 0.25) is 0 Å². The summed E-state index contributed by atoms with van der Waals surface area (Å²) in [5.41, 5.74) is 5.78. The van der Waals surface area contributed by atoms with Crippen LogP contribution in [0.4, 0.5) is 0 Å². The van der Waals surface area contributed by atoms with Gasteiger partial charge in [-0.3, -0.25) is 0 Å². The molecule has 0 aromatic rings. The number of piperidine rings is 2. The third kappa shape index (κ3) is 8.90. The largest absolute Gasteiger partial charge is 0.328 e. The minimum atomic E-state index is 0.427. The van der Waals surface area contributed by atoms with Crippen molar-refractivity contribution in [1.29, 1.82) is 0 Å². The quantitative estimate of drug-likeness (QED) is 0.625. The van der Waals surface area contributed by atoms with Gasteiger partial charge in [0.1, 0.15) is 0 Å². The molecule has 0 aliphatic carbocycles. The van der Waals surface area contributed by atoms with Crippen LogP contribution in [0, 0.1) is 5.92 Å². The van der Waals surface area contributed by atoms with Crippen LogP contribution in [0.3, 0.4) is 0 Å². The molecule has 2 fully saturated rings. The Morgan fingerprint density at radius 3 is 1.61 bits per heavy atom. The molecule has 0 amide bonds. The highest BCUT2D eigenvalue weighted by Gasteiger charge is 2.19. The molecule has 110 valence electrons. The molecule has 2 heterocycles. The molecule has 2 saturated heterocycles. The lowest BCUT2D eigenvalue weighted by atomic mass is 9.96. The van der Waals surface area contributed by atoms with Crippen molar-refractivity contribution in [2.75, 3.05) is 13.1 Å². The average molecular weight is 257 g/mol. The van der Waals surface area contributed by atoms with Gasteiger partial charge in [0, 0.05) is 18.1 Å². The van der Waals surface area contributed by atoms with Gasteiger partial charge in [-0.1, -0.05) is 20.8 Å². The van der Waals surface area contributed by atoms with Gasteiger partial charge in [-0.15, -0.1) is 0 Å². The van der Waals surface area contributed by atoms with E-state index in [0.29, 0.717) is 18.1 Å². The Kier molecular flexibility index (Phi) is 10.7. The number of hydrogen-bond donors (Lipinski definition) is 3. The van der Waals surface area contributed by atoms with E-state index in [9.17, 15) is 0 Å². The third-order valence-electron chi connectivity index (χ3n) is 3.51. The summed E-state index contributed by atoms with van der Waals surface area (Å²) >= 11 is 0. The maximum atomic E-state index is 5.78. The molecule has 2 aliphatic rings. The first-order valence-corrected chi connectivity index (χ1v) is 7.80. The van der Waals surface area contributed by atoms with E-state index in [-0.39, 0.29) is 0 Å². The standard InChI is InChI=1S/C7H16N2.C6H13N.C2H6/c1-5-3-7(8)4-6(2)9-5;1-6-2-4-7-5-3-6;1-2/h5-7,9H,3-4,8H2,1-2H3;6-7H,2-5H2,1H3;1-2H3. The number of nitrogens with one attached hydrogen (secondary N) is 2. The summed E-state index contributed by atoms with van der Waals surface area (Å²) in [5.74, 6) is 0.973. The van der Waals surface area contributed by atoms with Crippen LogP contribution >= 0.6 is 0 Å². The fourth-order valence-electron chi connectivity index (χ4n) is 2.59. The van der Waals surface area contributed by atoms with Crippen molar-refractivity contribution in [3.8, 4) is 0 Å². The highest BCUT2D eigenvalue weighted by Crippen LogP contribution is 2.10. The molecule has 2 unspecified atom stereocenters. The average Bonchev–Trinajstić information content (AvgIpc) is 2.31. The van der Waals surface area contributed by atoms with Crippen molar-refractivity contribution in [2.45, 2.75) is 78.4 Å². The summed E-state index contributed by atoms with van der Waals surface area (Å²) < 4.78 is 0. The van der Waals surface area contributed by atoms with Crippen LogP contribution in [-0.2, 0) is 0 Å². The van der Waals surface area contributed by atoms with Crippen LogP contribution in [0.15, 0.2) is 0 Å². The summed E-state index contributed by atoms with van der Waals surface area (Å²) in [6, 6.07) is 1.66. The van der Waals surface area contributed by atoms with Gasteiger partial charge < -0.3 is 16.4 Å². The lowest BCUT2D eigenvalue weighted by Gasteiger charge is -2.30. The summed E-state index contributed by atoms with van der Waals surface area (Å²) in [4.78, 5) is 0. The van der Waals surface area contributed by atoms with Crippen molar-refractivity contribution >= 4 is 0 Å². The van der Waals surface area contributed by atoms with Gasteiger partial charge >= 0.3 is 0 Å². The monoisotopic (exact) mass is 257 g/mol. The van der Waals surface area contributed by atoms with E-state index in [1.807, 2.05) is 13.8 Å². The maximum Gasteiger partial charge on any atom is 0.00682 e. The van der Waals surface area contributed by atoms with Gasteiger partial charge in [-0.05, 0) is 58.5 Å². The lowest BCUT2D eigenvalue weighted by molar-refractivity contribution is 0.317. The van der Waals surface area contributed by atoms with Crippen LogP contribution in [0.2, 0.25) is 0 Å². The molecule has 0 spiro atoms. The molecule has 18 heavy (non-hydrogen) atoms. The Morgan fingerprint density at radius 2 is 1.33 bits per heavy atom. The molecule has 0 aromatic carbocycles. The van der Waals surface area contributed by atoms with E-state index in [1.54, 1.807) is 0 Å². The van der Waals surface area contributed by atoms with Crippen molar-refractivity contribution in [3.63, 3.8) is 0 Å². The van der Waals surface area contributed by atoms with Crippen LogP contribution in [-0.4, -0.2) is 31.2 Å². The van der Waals surface area contributed by atoms with Gasteiger partial charge in [0.15, 0.2) is 0 Å². The first kappa shape index (κ1) is 17.9. The van der Waals surface area contributed by atoms with Gasteiger partial charge in [-0.25, -0.2) is 0 Å². The van der Waals surface area contributed by atoms with Crippen LogP contribution < -0.4 is 16.4 Å². The predicted octanol–water partition coefficient (Wildman–Crippen LogP) is 2.51. The Bertz CT molecular complexity index is 154. The van der Waals surface area contributed by atoms with E-state index >= 15 is 0 Å². The molecular weight excluding hydrogens is 222 g/mol. The SMILES string of the molecule is CC.CC1CC(N)CC(C)N1.CC1CCNCC1. The second-order valence-electron chi connectivity index (χ2n) is 5.63. The van der Waals surface area contributed by atoms with Crippen molar-refractivity contribution in [1.82, 2.24) is 10.6 Å². The van der Waals surface area contributed by atoms with Gasteiger partial charge in [-0.2, -0.15) is 0 Å². The summed E-state index contributed by atoms with van der Waals surface area (Å²) in [6.45, 7) is 13.2. The smallest absolute Gasteiger partial charge is 0.00682 e. The highest BCUT2D eigenvalue weighted by molar-refractivity contribution is 4.82. The molecule has 0 radical (unpaired) electrons. The third-order valence-corrected chi connectivity index (χ3v) is 3.51. The van der Waals surface area contributed by atoms with Crippen molar-refractivity contribution in [3.05, 3.63) is 0 Å². The Morgan fingerprint density at radius 1 is 0.889 bits per heavy atom. The van der Waals surface area contributed by atoms with Crippen molar-refractivity contribution < 1.29 is 0 Å². The Hall–Kier alpha value is -0.120. The summed E-state index contributed by atoms with van der Waals surface area (Å²) in [7, 11) is 0. The fourth-order valence-corrected chi connectivity index (χ4v) is 2.59. The molecule has 2 rings (SSSR count).